The molecule has 6 nitrogen and oxygen atoms in total. The number of ether oxygens (including phenoxy) is 1. The van der Waals surface area contributed by atoms with Crippen LogP contribution in [0, 0.1) is 13.8 Å². The molecule has 3 aromatic rings. The Morgan fingerprint density at radius 3 is 2.64 bits per heavy atom. The summed E-state index contributed by atoms with van der Waals surface area (Å²) >= 11 is 6.62. The van der Waals surface area contributed by atoms with Gasteiger partial charge in [-0.2, -0.15) is 5.10 Å². The molecule has 1 aliphatic heterocycles. The fourth-order valence-electron chi connectivity index (χ4n) is 3.38. The first-order valence-corrected chi connectivity index (χ1v) is 9.51. The highest BCUT2D eigenvalue weighted by Crippen LogP contribution is 2.30. The summed E-state index contributed by atoms with van der Waals surface area (Å²) in [5.74, 6) is 0. The number of aryl methyl sites for hydroxylation is 1. The lowest BCUT2D eigenvalue weighted by Crippen LogP contribution is -2.24. The van der Waals surface area contributed by atoms with Gasteiger partial charge in [0.25, 0.3) is 0 Å². The lowest BCUT2D eigenvalue weighted by Gasteiger charge is -2.18. The van der Waals surface area contributed by atoms with Crippen molar-refractivity contribution in [3.8, 4) is 5.69 Å². The first-order chi connectivity index (χ1) is 13.6. The van der Waals surface area contributed by atoms with E-state index < -0.39 is 0 Å². The highest BCUT2D eigenvalue weighted by Gasteiger charge is 2.25. The van der Waals surface area contributed by atoms with E-state index in [2.05, 4.69) is 10.4 Å². The number of nitrogens with one attached hydrogen (secondary N) is 1. The van der Waals surface area contributed by atoms with E-state index in [1.807, 2.05) is 62.4 Å². The molecule has 1 fully saturated rings. The maximum absolute atomic E-state index is 11.9. The second-order valence-corrected chi connectivity index (χ2v) is 7.03. The third kappa shape index (κ3) is 3.31. The topological polar surface area (TPSA) is 59.4 Å². The Balaban J connectivity index is 1.57. The molecular weight excluding hydrogens is 376 g/mol. The molecule has 1 amide bonds. The Hall–Kier alpha value is -2.99. The van der Waals surface area contributed by atoms with Crippen molar-refractivity contribution in [1.29, 1.82) is 0 Å². The first kappa shape index (κ1) is 18.4. The van der Waals surface area contributed by atoms with Crippen molar-refractivity contribution < 1.29 is 9.53 Å². The SMILES string of the molecule is Cc1nn(-c2ccccc2)c(Cl)c1CNc1cccc(N2CCOC2=O)c1C. The number of amides is 1. The van der Waals surface area contributed by atoms with E-state index in [-0.39, 0.29) is 6.09 Å². The highest BCUT2D eigenvalue weighted by molar-refractivity contribution is 6.30. The number of hydrogen-bond acceptors (Lipinski definition) is 4. The first-order valence-electron chi connectivity index (χ1n) is 9.13. The molecular formula is C21H21ClN4O2. The number of hydrogen-bond donors (Lipinski definition) is 1. The molecule has 1 N–H and O–H groups in total. The van der Waals surface area contributed by atoms with Gasteiger partial charge in [0.2, 0.25) is 0 Å². The van der Waals surface area contributed by atoms with E-state index in [0.717, 1.165) is 33.9 Å². The molecule has 144 valence electrons. The molecule has 1 aliphatic rings. The second-order valence-electron chi connectivity index (χ2n) is 6.67. The van der Waals surface area contributed by atoms with Gasteiger partial charge in [0.1, 0.15) is 11.8 Å². The van der Waals surface area contributed by atoms with Crippen molar-refractivity contribution in [3.05, 3.63) is 70.5 Å². The number of carbonyl (C=O) groups is 1. The second kappa shape index (κ2) is 7.56. The number of rotatable bonds is 5. The van der Waals surface area contributed by atoms with Gasteiger partial charge >= 0.3 is 6.09 Å². The standard InChI is InChI=1S/C21H21ClN4O2/c1-14-18(9-6-10-19(14)25-11-12-28-21(25)27)23-13-17-15(2)24-26(20(17)22)16-7-4-3-5-8-16/h3-10,23H,11-13H2,1-2H3. The number of nitrogens with zero attached hydrogens (tertiary/aromatic N) is 3. The Bertz CT molecular complexity index is 1020. The van der Waals surface area contributed by atoms with Gasteiger partial charge in [-0.1, -0.05) is 35.9 Å². The molecule has 7 heteroatoms. The maximum atomic E-state index is 11.9. The van der Waals surface area contributed by atoms with Crippen LogP contribution in [-0.4, -0.2) is 29.0 Å². The summed E-state index contributed by atoms with van der Waals surface area (Å²) in [6.45, 7) is 5.46. The Labute approximate surface area is 168 Å². The number of benzene rings is 2. The van der Waals surface area contributed by atoms with E-state index in [4.69, 9.17) is 16.3 Å². The number of cyclic esters (lactones) is 1. The molecule has 1 saturated heterocycles. The fourth-order valence-corrected chi connectivity index (χ4v) is 3.71. The van der Waals surface area contributed by atoms with Crippen molar-refractivity contribution in [1.82, 2.24) is 9.78 Å². The number of carbonyl (C=O) groups excluding carboxylic acids is 1. The monoisotopic (exact) mass is 396 g/mol. The zero-order chi connectivity index (χ0) is 19.7. The van der Waals surface area contributed by atoms with Gasteiger partial charge in [-0.3, -0.25) is 4.90 Å². The van der Waals surface area contributed by atoms with Crippen LogP contribution in [-0.2, 0) is 11.3 Å². The van der Waals surface area contributed by atoms with E-state index >= 15 is 0 Å². The van der Waals surface area contributed by atoms with Crippen LogP contribution in [0.1, 0.15) is 16.8 Å². The van der Waals surface area contributed by atoms with Crippen LogP contribution >= 0.6 is 11.6 Å². The normalized spacial score (nSPS) is 13.7. The molecule has 0 aliphatic carbocycles. The average Bonchev–Trinajstić information content (AvgIpc) is 3.25. The molecule has 0 bridgehead atoms. The van der Waals surface area contributed by atoms with Crippen molar-refractivity contribution in [2.75, 3.05) is 23.4 Å². The minimum Gasteiger partial charge on any atom is -0.447 e. The molecule has 2 aromatic carbocycles. The summed E-state index contributed by atoms with van der Waals surface area (Å²) < 4.78 is 6.81. The zero-order valence-electron chi connectivity index (χ0n) is 15.8. The number of halogens is 1. The summed E-state index contributed by atoms with van der Waals surface area (Å²) in [5, 5.41) is 8.61. The predicted octanol–water partition coefficient (Wildman–Crippen LogP) is 4.71. The lowest BCUT2D eigenvalue weighted by atomic mass is 10.1. The van der Waals surface area contributed by atoms with Gasteiger partial charge in [0, 0.05) is 17.8 Å². The third-order valence-electron chi connectivity index (χ3n) is 4.93. The van der Waals surface area contributed by atoms with Crippen LogP contribution in [0.5, 0.6) is 0 Å². The summed E-state index contributed by atoms with van der Waals surface area (Å²) in [7, 11) is 0. The van der Waals surface area contributed by atoms with Crippen molar-refractivity contribution in [2.24, 2.45) is 0 Å². The van der Waals surface area contributed by atoms with Crippen molar-refractivity contribution in [3.63, 3.8) is 0 Å². The minimum absolute atomic E-state index is 0.303. The van der Waals surface area contributed by atoms with E-state index in [9.17, 15) is 4.79 Å². The van der Waals surface area contributed by atoms with E-state index in [1.54, 1.807) is 9.58 Å². The van der Waals surface area contributed by atoms with Crippen molar-refractivity contribution >= 4 is 29.1 Å². The summed E-state index contributed by atoms with van der Waals surface area (Å²) in [6.07, 6.45) is -0.303. The van der Waals surface area contributed by atoms with Gasteiger partial charge in [0.15, 0.2) is 0 Å². The molecule has 2 heterocycles. The van der Waals surface area contributed by atoms with Gasteiger partial charge < -0.3 is 10.1 Å². The molecule has 4 rings (SSSR count). The van der Waals surface area contributed by atoms with Crippen LogP contribution in [0.2, 0.25) is 5.15 Å². The summed E-state index contributed by atoms with van der Waals surface area (Å²) in [5.41, 5.74) is 5.53. The van der Waals surface area contributed by atoms with Gasteiger partial charge in [-0.05, 0) is 43.7 Å². The van der Waals surface area contributed by atoms with E-state index in [1.165, 1.54) is 0 Å². The van der Waals surface area contributed by atoms with Gasteiger partial charge in [-0.25, -0.2) is 9.48 Å². The fraction of sp³-hybridized carbons (Fsp3) is 0.238. The van der Waals surface area contributed by atoms with Crippen LogP contribution in [0.15, 0.2) is 48.5 Å². The average molecular weight is 397 g/mol. The van der Waals surface area contributed by atoms with Crippen LogP contribution < -0.4 is 10.2 Å². The summed E-state index contributed by atoms with van der Waals surface area (Å²) in [6, 6.07) is 15.7. The smallest absolute Gasteiger partial charge is 0.414 e. The molecule has 1 aromatic heterocycles. The highest BCUT2D eigenvalue weighted by atomic mass is 35.5. The predicted molar refractivity (Wildman–Crippen MR) is 111 cm³/mol. The van der Waals surface area contributed by atoms with Crippen LogP contribution in [0.25, 0.3) is 5.69 Å². The third-order valence-corrected chi connectivity index (χ3v) is 5.32. The molecule has 0 radical (unpaired) electrons. The quantitative estimate of drug-likeness (QED) is 0.678. The van der Waals surface area contributed by atoms with Gasteiger partial charge in [-0.15, -0.1) is 0 Å². The molecule has 0 unspecified atom stereocenters. The molecule has 0 atom stereocenters. The minimum atomic E-state index is -0.303. The molecule has 28 heavy (non-hydrogen) atoms. The summed E-state index contributed by atoms with van der Waals surface area (Å²) in [4.78, 5) is 13.6. The largest absolute Gasteiger partial charge is 0.447 e. The Morgan fingerprint density at radius 2 is 1.93 bits per heavy atom. The lowest BCUT2D eigenvalue weighted by molar-refractivity contribution is 0.181. The van der Waals surface area contributed by atoms with Crippen molar-refractivity contribution in [2.45, 2.75) is 20.4 Å². The Kier molecular flexibility index (Phi) is 4.96. The number of anilines is 2. The van der Waals surface area contributed by atoms with Crippen LogP contribution in [0.3, 0.4) is 0 Å². The zero-order valence-corrected chi connectivity index (χ0v) is 16.5. The number of para-hydroxylation sites is 1. The molecule has 0 saturated carbocycles. The molecule has 0 spiro atoms. The van der Waals surface area contributed by atoms with E-state index in [0.29, 0.717) is 24.8 Å². The Morgan fingerprint density at radius 1 is 1.14 bits per heavy atom. The van der Waals surface area contributed by atoms with Crippen LogP contribution in [0.4, 0.5) is 16.2 Å². The van der Waals surface area contributed by atoms with Gasteiger partial charge in [0.05, 0.1) is 23.6 Å². The number of aromatic nitrogens is 2. The maximum Gasteiger partial charge on any atom is 0.414 e.